The van der Waals surface area contributed by atoms with Crippen molar-refractivity contribution in [3.05, 3.63) is 53.9 Å². The third kappa shape index (κ3) is 2.09. The molecule has 0 bridgehead atoms. The lowest BCUT2D eigenvalue weighted by atomic mass is 10.00. The second kappa shape index (κ2) is 5.14. The van der Waals surface area contributed by atoms with E-state index in [0.29, 0.717) is 33.6 Å². The van der Waals surface area contributed by atoms with E-state index in [1.54, 1.807) is 42.8 Å². The van der Waals surface area contributed by atoms with Gasteiger partial charge in [0.2, 0.25) is 0 Å². The van der Waals surface area contributed by atoms with E-state index in [2.05, 4.69) is 10.3 Å². The number of nitrogens with one attached hydrogen (secondary N) is 1. The number of hydrogen-bond donors (Lipinski definition) is 2. The third-order valence-electron chi connectivity index (χ3n) is 3.72. The normalized spacial score (nSPS) is 10.9. The second-order valence-electron chi connectivity index (χ2n) is 5.02. The summed E-state index contributed by atoms with van der Waals surface area (Å²) in [5.74, 6) is -0.598. The van der Waals surface area contributed by atoms with Crippen LogP contribution in [-0.2, 0) is 0 Å². The SMILES string of the molecule is CNC(=O)c1ncn2cc(-c3c(F)ccc(N)c3C)ccc12. The highest BCUT2D eigenvalue weighted by Gasteiger charge is 2.15. The molecule has 5 nitrogen and oxygen atoms in total. The minimum atomic E-state index is -0.335. The van der Waals surface area contributed by atoms with E-state index in [0.717, 1.165) is 0 Å². The number of benzene rings is 1. The maximum Gasteiger partial charge on any atom is 0.271 e. The van der Waals surface area contributed by atoms with Gasteiger partial charge in [-0.25, -0.2) is 9.37 Å². The molecule has 2 heterocycles. The summed E-state index contributed by atoms with van der Waals surface area (Å²) in [6.07, 6.45) is 3.27. The van der Waals surface area contributed by atoms with Crippen LogP contribution >= 0.6 is 0 Å². The Hall–Kier alpha value is -2.89. The molecule has 0 unspecified atom stereocenters. The van der Waals surface area contributed by atoms with Crippen LogP contribution in [0.5, 0.6) is 0 Å². The Morgan fingerprint density at radius 1 is 1.32 bits per heavy atom. The maximum atomic E-state index is 14.2. The van der Waals surface area contributed by atoms with Crippen molar-refractivity contribution < 1.29 is 9.18 Å². The summed E-state index contributed by atoms with van der Waals surface area (Å²) in [5, 5.41) is 2.54. The van der Waals surface area contributed by atoms with Gasteiger partial charge in [-0.05, 0) is 30.7 Å². The summed E-state index contributed by atoms with van der Waals surface area (Å²) in [6, 6.07) is 6.41. The van der Waals surface area contributed by atoms with Crippen molar-refractivity contribution in [3.63, 3.8) is 0 Å². The molecule has 22 heavy (non-hydrogen) atoms. The van der Waals surface area contributed by atoms with Gasteiger partial charge in [-0.2, -0.15) is 0 Å². The van der Waals surface area contributed by atoms with Crippen molar-refractivity contribution in [1.82, 2.24) is 14.7 Å². The smallest absolute Gasteiger partial charge is 0.271 e. The summed E-state index contributed by atoms with van der Waals surface area (Å²) < 4.78 is 15.9. The average Bonchev–Trinajstić information content (AvgIpc) is 2.94. The van der Waals surface area contributed by atoms with E-state index in [-0.39, 0.29) is 11.7 Å². The lowest BCUT2D eigenvalue weighted by Crippen LogP contribution is -2.18. The van der Waals surface area contributed by atoms with Crippen molar-refractivity contribution >= 4 is 17.1 Å². The Labute approximate surface area is 126 Å². The number of nitrogens with two attached hydrogens (primary N) is 1. The average molecular weight is 298 g/mol. The predicted molar refractivity (Wildman–Crippen MR) is 83.1 cm³/mol. The number of rotatable bonds is 2. The summed E-state index contributed by atoms with van der Waals surface area (Å²) >= 11 is 0. The van der Waals surface area contributed by atoms with Crippen LogP contribution in [0.1, 0.15) is 16.1 Å². The summed E-state index contributed by atoms with van der Waals surface area (Å²) in [5.41, 5.74) is 9.21. The van der Waals surface area contributed by atoms with E-state index in [1.807, 2.05) is 0 Å². The summed E-state index contributed by atoms with van der Waals surface area (Å²) in [7, 11) is 1.55. The van der Waals surface area contributed by atoms with E-state index < -0.39 is 0 Å². The molecule has 0 saturated carbocycles. The van der Waals surface area contributed by atoms with Crippen molar-refractivity contribution in [2.75, 3.05) is 12.8 Å². The lowest BCUT2D eigenvalue weighted by molar-refractivity contribution is 0.0960. The van der Waals surface area contributed by atoms with Gasteiger partial charge in [-0.15, -0.1) is 0 Å². The first-order valence-corrected chi connectivity index (χ1v) is 6.76. The Bertz CT molecular complexity index is 885. The number of halogens is 1. The van der Waals surface area contributed by atoms with Crippen molar-refractivity contribution in [2.24, 2.45) is 0 Å². The molecule has 0 saturated heterocycles. The van der Waals surface area contributed by atoms with Gasteiger partial charge >= 0.3 is 0 Å². The number of aromatic nitrogens is 2. The van der Waals surface area contributed by atoms with Gasteiger partial charge in [0.05, 0.1) is 5.52 Å². The van der Waals surface area contributed by atoms with E-state index in [4.69, 9.17) is 5.73 Å². The fraction of sp³-hybridized carbons (Fsp3) is 0.125. The zero-order valence-electron chi connectivity index (χ0n) is 12.2. The molecule has 0 radical (unpaired) electrons. The molecule has 0 aliphatic carbocycles. The molecule has 2 aromatic heterocycles. The lowest BCUT2D eigenvalue weighted by Gasteiger charge is -2.10. The van der Waals surface area contributed by atoms with Crippen LogP contribution in [0.15, 0.2) is 36.8 Å². The first-order valence-electron chi connectivity index (χ1n) is 6.76. The summed E-state index contributed by atoms with van der Waals surface area (Å²) in [4.78, 5) is 15.8. The largest absolute Gasteiger partial charge is 0.398 e. The molecule has 0 fully saturated rings. The zero-order chi connectivity index (χ0) is 15.9. The van der Waals surface area contributed by atoms with Gasteiger partial charge in [-0.3, -0.25) is 4.79 Å². The molecule has 3 aromatic rings. The molecule has 3 N–H and O–H groups in total. The fourth-order valence-electron chi connectivity index (χ4n) is 2.49. The van der Waals surface area contributed by atoms with Crippen LogP contribution in [-0.4, -0.2) is 22.3 Å². The summed E-state index contributed by atoms with van der Waals surface area (Å²) in [6.45, 7) is 1.78. The molecule has 3 rings (SSSR count). The highest BCUT2D eigenvalue weighted by molar-refractivity contribution is 5.99. The minimum absolute atomic E-state index is 0.262. The quantitative estimate of drug-likeness (QED) is 0.714. The topological polar surface area (TPSA) is 72.4 Å². The molecule has 6 heteroatoms. The van der Waals surface area contributed by atoms with Crippen LogP contribution in [0.25, 0.3) is 16.6 Å². The van der Waals surface area contributed by atoms with Gasteiger partial charge in [0.15, 0.2) is 5.69 Å². The maximum absolute atomic E-state index is 14.2. The Kier molecular flexibility index (Phi) is 3.29. The number of fused-ring (bicyclic) bond motifs is 1. The van der Waals surface area contributed by atoms with Crippen LogP contribution in [0.2, 0.25) is 0 Å². The van der Waals surface area contributed by atoms with Gasteiger partial charge in [0.25, 0.3) is 5.91 Å². The Morgan fingerprint density at radius 3 is 2.82 bits per heavy atom. The zero-order valence-corrected chi connectivity index (χ0v) is 12.2. The minimum Gasteiger partial charge on any atom is -0.398 e. The van der Waals surface area contributed by atoms with Crippen LogP contribution in [0, 0.1) is 12.7 Å². The van der Waals surface area contributed by atoms with Gasteiger partial charge in [0.1, 0.15) is 12.1 Å². The van der Waals surface area contributed by atoms with Crippen LogP contribution < -0.4 is 11.1 Å². The Balaban J connectivity index is 2.19. The van der Waals surface area contributed by atoms with E-state index >= 15 is 0 Å². The van der Waals surface area contributed by atoms with Gasteiger partial charge in [0, 0.05) is 30.1 Å². The number of nitrogens with zero attached hydrogens (tertiary/aromatic N) is 2. The number of anilines is 1. The number of imidazole rings is 1. The monoisotopic (exact) mass is 298 g/mol. The molecule has 0 aliphatic heterocycles. The molecule has 0 atom stereocenters. The van der Waals surface area contributed by atoms with E-state index in [9.17, 15) is 9.18 Å². The molecule has 0 spiro atoms. The third-order valence-corrected chi connectivity index (χ3v) is 3.72. The predicted octanol–water partition coefficient (Wildman–Crippen LogP) is 2.39. The molecular formula is C16H15FN4O. The Morgan fingerprint density at radius 2 is 2.09 bits per heavy atom. The van der Waals surface area contributed by atoms with Crippen molar-refractivity contribution in [2.45, 2.75) is 6.92 Å². The highest BCUT2D eigenvalue weighted by atomic mass is 19.1. The number of amides is 1. The highest BCUT2D eigenvalue weighted by Crippen LogP contribution is 2.30. The van der Waals surface area contributed by atoms with Crippen LogP contribution in [0.4, 0.5) is 10.1 Å². The standard InChI is InChI=1S/C16H15FN4O/c1-9-12(18)5-4-11(17)14(9)10-3-6-13-15(16(22)19-2)20-8-21(13)7-10/h3-8H,18H2,1-2H3,(H,19,22). The second-order valence-corrected chi connectivity index (χ2v) is 5.02. The van der Waals surface area contributed by atoms with E-state index in [1.165, 1.54) is 12.4 Å². The van der Waals surface area contributed by atoms with Crippen LogP contribution in [0.3, 0.4) is 0 Å². The first kappa shape index (κ1) is 14.1. The first-order chi connectivity index (χ1) is 10.5. The molecule has 1 amide bonds. The number of pyridine rings is 1. The molecule has 1 aromatic carbocycles. The van der Waals surface area contributed by atoms with Crippen molar-refractivity contribution in [3.8, 4) is 11.1 Å². The van der Waals surface area contributed by atoms with Gasteiger partial charge < -0.3 is 15.5 Å². The van der Waals surface area contributed by atoms with Gasteiger partial charge in [-0.1, -0.05) is 6.07 Å². The van der Waals surface area contributed by atoms with Crippen molar-refractivity contribution in [1.29, 1.82) is 0 Å². The molecule has 0 aliphatic rings. The molecular weight excluding hydrogens is 283 g/mol. The number of carbonyl (C=O) groups is 1. The number of nitrogen functional groups attached to an aromatic ring is 1. The number of carbonyl (C=O) groups excluding carboxylic acids is 1. The number of hydrogen-bond acceptors (Lipinski definition) is 3. The molecule has 112 valence electrons. The fourth-order valence-corrected chi connectivity index (χ4v) is 2.49.